The van der Waals surface area contributed by atoms with Gasteiger partial charge in [-0.2, -0.15) is 0 Å². The molecule has 170 valence electrons. The molecule has 0 aliphatic carbocycles. The molecule has 12 nitrogen and oxygen atoms in total. The van der Waals surface area contributed by atoms with Gasteiger partial charge in [-0.1, -0.05) is 60.7 Å². The first-order valence-electron chi connectivity index (χ1n) is 9.27. The summed E-state index contributed by atoms with van der Waals surface area (Å²) >= 11 is 0. The lowest BCUT2D eigenvalue weighted by molar-refractivity contribution is -0.149. The molecule has 12 heteroatoms. The first-order chi connectivity index (χ1) is 15.4. The third-order valence-electron chi connectivity index (χ3n) is 3.95. The molecule has 0 aliphatic rings. The zero-order valence-electron chi connectivity index (χ0n) is 16.7. The van der Waals surface area contributed by atoms with Gasteiger partial charge in [0, 0.05) is 0 Å². The lowest BCUT2D eigenvalue weighted by Gasteiger charge is -2.22. The number of nitrogens with one attached hydrogen (secondary N) is 4. The Morgan fingerprint density at radius 2 is 1.00 bits per heavy atom. The lowest BCUT2D eigenvalue weighted by atomic mass is 10.1. The van der Waals surface area contributed by atoms with Crippen LogP contribution in [0.4, 0.5) is 9.59 Å². The fourth-order valence-electron chi connectivity index (χ4n) is 2.37. The maximum atomic E-state index is 11.8. The predicted octanol–water partition coefficient (Wildman–Crippen LogP) is 0.755. The quantitative estimate of drug-likeness (QED) is 0.270. The fraction of sp³-hybridized carbons (Fsp3) is 0.200. The van der Waals surface area contributed by atoms with E-state index in [4.69, 9.17) is 9.47 Å². The molecule has 0 aliphatic heterocycles. The van der Waals surface area contributed by atoms with Gasteiger partial charge in [-0.25, -0.2) is 20.4 Å². The Kier molecular flexibility index (Phi) is 9.43. The van der Waals surface area contributed by atoms with Crippen molar-refractivity contribution in [1.29, 1.82) is 0 Å². The topological polar surface area (TPSA) is 175 Å². The van der Waals surface area contributed by atoms with Crippen LogP contribution in [0.3, 0.4) is 0 Å². The van der Waals surface area contributed by atoms with E-state index in [1.807, 2.05) is 10.9 Å². The average Bonchev–Trinajstić information content (AvgIpc) is 2.79. The minimum absolute atomic E-state index is 0.0818. The van der Waals surface area contributed by atoms with Gasteiger partial charge in [-0.3, -0.25) is 20.4 Å². The summed E-state index contributed by atoms with van der Waals surface area (Å²) < 4.78 is 9.82. The van der Waals surface area contributed by atoms with Crippen LogP contribution in [0.2, 0.25) is 0 Å². The van der Waals surface area contributed by atoms with Crippen molar-refractivity contribution in [2.75, 3.05) is 0 Å². The van der Waals surface area contributed by atoms with Gasteiger partial charge in [0.25, 0.3) is 0 Å². The van der Waals surface area contributed by atoms with Crippen LogP contribution in [0.1, 0.15) is 11.1 Å². The highest BCUT2D eigenvalue weighted by atomic mass is 16.6. The van der Waals surface area contributed by atoms with E-state index >= 15 is 0 Å². The summed E-state index contributed by atoms with van der Waals surface area (Å²) in [5.41, 5.74) is 9.44. The van der Waals surface area contributed by atoms with Crippen LogP contribution in [0.15, 0.2) is 60.7 Å². The van der Waals surface area contributed by atoms with Crippen LogP contribution in [-0.4, -0.2) is 46.4 Å². The number of carbonyl (C=O) groups excluding carboxylic acids is 2. The summed E-state index contributed by atoms with van der Waals surface area (Å²) in [4.78, 5) is 46.5. The molecular weight excluding hydrogens is 424 g/mol. The number of rotatable bonds is 11. The Hall–Kier alpha value is -4.16. The van der Waals surface area contributed by atoms with Crippen LogP contribution in [-0.2, 0) is 32.3 Å². The van der Waals surface area contributed by atoms with E-state index in [0.29, 0.717) is 11.1 Å². The molecule has 0 aromatic heterocycles. The highest BCUT2D eigenvalue weighted by molar-refractivity contribution is 5.85. The Bertz CT molecular complexity index is 835. The maximum absolute atomic E-state index is 11.8. The molecule has 0 heterocycles. The van der Waals surface area contributed by atoms with Crippen molar-refractivity contribution in [1.82, 2.24) is 21.7 Å². The van der Waals surface area contributed by atoms with Crippen LogP contribution < -0.4 is 21.7 Å². The minimum atomic E-state index is -1.87. The fourth-order valence-corrected chi connectivity index (χ4v) is 2.37. The number of carboxylic acids is 2. The Labute approximate surface area is 182 Å². The van der Waals surface area contributed by atoms with Gasteiger partial charge in [0.05, 0.1) is 0 Å². The van der Waals surface area contributed by atoms with Crippen molar-refractivity contribution in [3.05, 3.63) is 71.8 Å². The van der Waals surface area contributed by atoms with Crippen LogP contribution in [0.5, 0.6) is 0 Å². The number of hydrogen-bond donors (Lipinski definition) is 6. The van der Waals surface area contributed by atoms with Gasteiger partial charge in [0.2, 0.25) is 0 Å². The van der Waals surface area contributed by atoms with Crippen LogP contribution in [0.25, 0.3) is 0 Å². The second-order valence-electron chi connectivity index (χ2n) is 6.29. The van der Waals surface area contributed by atoms with E-state index in [2.05, 4.69) is 10.9 Å². The summed E-state index contributed by atoms with van der Waals surface area (Å²) in [6, 6.07) is 13.7. The molecule has 2 amide bonds. The van der Waals surface area contributed by atoms with Gasteiger partial charge in [-0.15, -0.1) is 0 Å². The zero-order valence-corrected chi connectivity index (χ0v) is 16.7. The molecule has 2 rings (SSSR count). The monoisotopic (exact) mass is 446 g/mol. The third-order valence-corrected chi connectivity index (χ3v) is 3.95. The van der Waals surface area contributed by atoms with Crippen molar-refractivity contribution < 1.29 is 38.9 Å². The summed E-state index contributed by atoms with van der Waals surface area (Å²) in [7, 11) is 0. The van der Waals surface area contributed by atoms with Gasteiger partial charge in [-0.05, 0) is 11.1 Å². The summed E-state index contributed by atoms with van der Waals surface area (Å²) in [5, 5.41) is 18.7. The van der Waals surface area contributed by atoms with Gasteiger partial charge < -0.3 is 19.7 Å². The highest BCUT2D eigenvalue weighted by Gasteiger charge is 2.35. The Morgan fingerprint density at radius 3 is 1.31 bits per heavy atom. The molecule has 0 radical (unpaired) electrons. The molecule has 32 heavy (non-hydrogen) atoms. The number of carboxylic acid groups (broad SMARTS) is 2. The van der Waals surface area contributed by atoms with E-state index in [1.54, 1.807) is 60.7 Å². The molecule has 0 spiro atoms. The maximum Gasteiger partial charge on any atom is 0.421 e. The van der Waals surface area contributed by atoms with E-state index in [-0.39, 0.29) is 13.2 Å². The molecule has 2 aromatic rings. The smallest absolute Gasteiger partial charge is 0.421 e. The number of ether oxygens (including phenoxy) is 2. The molecule has 2 aromatic carbocycles. The van der Waals surface area contributed by atoms with Crippen molar-refractivity contribution in [2.45, 2.75) is 25.3 Å². The first-order valence-corrected chi connectivity index (χ1v) is 9.27. The van der Waals surface area contributed by atoms with Crippen molar-refractivity contribution in [3.8, 4) is 0 Å². The number of aliphatic carboxylic acids is 2. The Morgan fingerprint density at radius 1 is 0.656 bits per heavy atom. The van der Waals surface area contributed by atoms with Gasteiger partial charge >= 0.3 is 24.1 Å². The van der Waals surface area contributed by atoms with E-state index in [0.717, 1.165) is 0 Å². The lowest BCUT2D eigenvalue weighted by Crippen LogP contribution is -2.63. The van der Waals surface area contributed by atoms with Crippen molar-refractivity contribution >= 4 is 24.1 Å². The average molecular weight is 446 g/mol. The van der Waals surface area contributed by atoms with Gasteiger partial charge in [0.15, 0.2) is 12.1 Å². The van der Waals surface area contributed by atoms with Gasteiger partial charge in [0.1, 0.15) is 13.2 Å². The predicted molar refractivity (Wildman–Crippen MR) is 109 cm³/mol. The normalized spacial score (nSPS) is 12.1. The molecule has 0 saturated heterocycles. The van der Waals surface area contributed by atoms with Crippen LogP contribution >= 0.6 is 0 Å². The summed E-state index contributed by atoms with van der Waals surface area (Å²) in [6.07, 6.45) is -2.06. The number of hydrazine groups is 2. The number of benzene rings is 2. The Balaban J connectivity index is 1.84. The van der Waals surface area contributed by atoms with Crippen molar-refractivity contribution in [2.24, 2.45) is 0 Å². The van der Waals surface area contributed by atoms with Crippen molar-refractivity contribution in [3.63, 3.8) is 0 Å². The number of hydrogen-bond acceptors (Lipinski definition) is 8. The highest BCUT2D eigenvalue weighted by Crippen LogP contribution is 2.02. The molecular formula is C20H22N4O8. The first kappa shape index (κ1) is 24.1. The van der Waals surface area contributed by atoms with Crippen LogP contribution in [0, 0.1) is 0 Å². The molecule has 0 fully saturated rings. The number of amides is 2. The molecule has 2 unspecified atom stereocenters. The third kappa shape index (κ3) is 8.30. The number of carbonyl (C=O) groups is 4. The molecule has 0 saturated carbocycles. The SMILES string of the molecule is O=C(NNC(C(=O)O)C(NNC(=O)OCc1ccccc1)C(=O)O)OCc1ccccc1. The second kappa shape index (κ2) is 12.5. The van der Waals surface area contributed by atoms with E-state index < -0.39 is 36.2 Å². The summed E-state index contributed by atoms with van der Waals surface area (Å²) in [6.45, 7) is -0.164. The van der Waals surface area contributed by atoms with E-state index in [1.165, 1.54) is 0 Å². The van der Waals surface area contributed by atoms with E-state index in [9.17, 15) is 29.4 Å². The zero-order chi connectivity index (χ0) is 23.3. The molecule has 6 N–H and O–H groups in total. The molecule has 2 atom stereocenters. The standard InChI is InChI=1S/C20H22N4O8/c25-17(26)15(21-23-19(29)31-11-13-7-3-1-4-8-13)16(18(27)28)22-24-20(30)32-12-14-9-5-2-6-10-14/h1-10,15-16,21-22H,11-12H2,(H,23,29)(H,24,30)(H,25,26)(H,27,28). The second-order valence-corrected chi connectivity index (χ2v) is 6.29. The summed E-state index contributed by atoms with van der Waals surface area (Å²) in [5.74, 6) is -3.24. The largest absolute Gasteiger partial charge is 0.480 e. The molecule has 0 bridgehead atoms. The minimum Gasteiger partial charge on any atom is -0.480 e.